The van der Waals surface area contributed by atoms with E-state index >= 15 is 0 Å². The first kappa shape index (κ1) is 13.6. The topological polar surface area (TPSA) is 22.1 Å². The summed E-state index contributed by atoms with van der Waals surface area (Å²) in [5.41, 5.74) is 1.54. The molecule has 0 saturated heterocycles. The summed E-state index contributed by atoms with van der Waals surface area (Å²) in [6, 6.07) is 5.64. The summed E-state index contributed by atoms with van der Waals surface area (Å²) in [5.74, 6) is 0. The van der Waals surface area contributed by atoms with Gasteiger partial charge >= 0.3 is 0 Å². The fourth-order valence-corrected chi connectivity index (χ4v) is 2.01. The van der Waals surface area contributed by atoms with Crippen molar-refractivity contribution in [1.29, 1.82) is 0 Å². The minimum Gasteiger partial charge on any atom is -0.371 e. The predicted molar refractivity (Wildman–Crippen MR) is 76.3 cm³/mol. The molecule has 0 aliphatic rings. The van der Waals surface area contributed by atoms with Crippen molar-refractivity contribution >= 4 is 34.1 Å². The van der Waals surface area contributed by atoms with Gasteiger partial charge in [0.1, 0.15) is 0 Å². The third kappa shape index (κ3) is 3.14. The molecular formula is C14H15Cl2NO. The zero-order chi connectivity index (χ0) is 13.3. The number of benzene rings is 1. The zero-order valence-electron chi connectivity index (χ0n) is 10.6. The Morgan fingerprint density at radius 2 is 1.94 bits per heavy atom. The van der Waals surface area contributed by atoms with Gasteiger partial charge in [-0.1, -0.05) is 29.3 Å². The molecule has 0 atom stereocenters. The van der Waals surface area contributed by atoms with Crippen LogP contribution in [0.3, 0.4) is 0 Å². The third-order valence-electron chi connectivity index (χ3n) is 2.52. The van der Waals surface area contributed by atoms with E-state index in [0.717, 1.165) is 16.5 Å². The number of pyridine rings is 1. The summed E-state index contributed by atoms with van der Waals surface area (Å²) in [5, 5.41) is 2.26. The monoisotopic (exact) mass is 283 g/mol. The van der Waals surface area contributed by atoms with Gasteiger partial charge in [0, 0.05) is 22.2 Å². The average molecular weight is 284 g/mol. The Bertz CT molecular complexity index is 576. The van der Waals surface area contributed by atoms with Crippen LogP contribution in [0.5, 0.6) is 0 Å². The Morgan fingerprint density at radius 1 is 1.22 bits per heavy atom. The standard InChI is InChI=1S/C14H15Cl2NO/c1-14(2,3)18-8-11-12(16)5-4-9-6-10(15)7-17-13(9)11/h4-7H,8H2,1-3H3. The fourth-order valence-electron chi connectivity index (χ4n) is 1.64. The van der Waals surface area contributed by atoms with E-state index in [2.05, 4.69) is 4.98 Å². The van der Waals surface area contributed by atoms with Crippen LogP contribution < -0.4 is 0 Å². The normalized spacial score (nSPS) is 12.1. The van der Waals surface area contributed by atoms with E-state index in [-0.39, 0.29) is 5.60 Å². The van der Waals surface area contributed by atoms with E-state index < -0.39 is 0 Å². The lowest BCUT2D eigenvalue weighted by Gasteiger charge is -2.20. The molecule has 0 radical (unpaired) electrons. The van der Waals surface area contributed by atoms with Gasteiger partial charge in [-0.15, -0.1) is 0 Å². The van der Waals surface area contributed by atoms with Crippen molar-refractivity contribution in [3.63, 3.8) is 0 Å². The van der Waals surface area contributed by atoms with Crippen LogP contribution >= 0.6 is 23.2 Å². The van der Waals surface area contributed by atoms with E-state index in [4.69, 9.17) is 27.9 Å². The minimum atomic E-state index is -0.210. The van der Waals surface area contributed by atoms with Crippen LogP contribution in [0.25, 0.3) is 10.9 Å². The van der Waals surface area contributed by atoms with Crippen molar-refractivity contribution in [2.75, 3.05) is 0 Å². The molecular weight excluding hydrogens is 269 g/mol. The number of rotatable bonds is 2. The zero-order valence-corrected chi connectivity index (χ0v) is 12.1. The molecule has 18 heavy (non-hydrogen) atoms. The molecule has 0 N–H and O–H groups in total. The van der Waals surface area contributed by atoms with Gasteiger partial charge in [0.2, 0.25) is 0 Å². The molecule has 4 heteroatoms. The summed E-state index contributed by atoms with van der Waals surface area (Å²) in [7, 11) is 0. The largest absolute Gasteiger partial charge is 0.371 e. The van der Waals surface area contributed by atoms with Crippen LogP contribution in [-0.2, 0) is 11.3 Å². The quantitative estimate of drug-likeness (QED) is 0.786. The maximum atomic E-state index is 6.22. The first-order chi connectivity index (χ1) is 8.37. The number of halogens is 2. The number of aromatic nitrogens is 1. The average Bonchev–Trinajstić information content (AvgIpc) is 2.26. The van der Waals surface area contributed by atoms with Gasteiger partial charge in [0.05, 0.1) is 22.7 Å². The molecule has 96 valence electrons. The molecule has 2 nitrogen and oxygen atoms in total. The summed E-state index contributed by atoms with van der Waals surface area (Å²) in [6.45, 7) is 6.47. The van der Waals surface area contributed by atoms with Crippen LogP contribution in [0.2, 0.25) is 10.0 Å². The first-order valence-corrected chi connectivity index (χ1v) is 6.49. The number of nitrogens with zero attached hydrogens (tertiary/aromatic N) is 1. The summed E-state index contributed by atoms with van der Waals surface area (Å²) < 4.78 is 5.78. The van der Waals surface area contributed by atoms with Gasteiger partial charge in [-0.25, -0.2) is 0 Å². The Labute approximate surface area is 117 Å². The Kier molecular flexibility index (Phi) is 3.81. The van der Waals surface area contributed by atoms with E-state index in [1.165, 1.54) is 0 Å². The van der Waals surface area contributed by atoms with Crippen LogP contribution in [-0.4, -0.2) is 10.6 Å². The Hall–Kier alpha value is -0.830. The van der Waals surface area contributed by atoms with Gasteiger partial charge in [-0.2, -0.15) is 0 Å². The molecule has 1 aromatic carbocycles. The SMILES string of the molecule is CC(C)(C)OCc1c(Cl)ccc2cc(Cl)cnc12. The molecule has 0 amide bonds. The highest BCUT2D eigenvalue weighted by Crippen LogP contribution is 2.28. The highest BCUT2D eigenvalue weighted by atomic mass is 35.5. The summed E-state index contributed by atoms with van der Waals surface area (Å²) >= 11 is 12.2. The molecule has 0 fully saturated rings. The molecule has 2 aromatic rings. The van der Waals surface area contributed by atoms with Gasteiger partial charge in [-0.3, -0.25) is 4.98 Å². The lowest BCUT2D eigenvalue weighted by molar-refractivity contribution is -0.0144. The number of hydrogen-bond acceptors (Lipinski definition) is 2. The molecule has 2 rings (SSSR count). The maximum absolute atomic E-state index is 6.22. The molecule has 0 aliphatic carbocycles. The van der Waals surface area contributed by atoms with Gasteiger partial charge < -0.3 is 4.74 Å². The fraction of sp³-hybridized carbons (Fsp3) is 0.357. The third-order valence-corrected chi connectivity index (χ3v) is 3.08. The second-order valence-corrected chi connectivity index (χ2v) is 6.00. The van der Waals surface area contributed by atoms with Crippen molar-refractivity contribution in [2.45, 2.75) is 33.0 Å². The van der Waals surface area contributed by atoms with Crippen LogP contribution in [0, 0.1) is 0 Å². The van der Waals surface area contributed by atoms with E-state index in [1.807, 2.05) is 39.0 Å². The number of hydrogen-bond donors (Lipinski definition) is 0. The van der Waals surface area contributed by atoms with Gasteiger partial charge in [-0.05, 0) is 32.9 Å². The molecule has 1 heterocycles. The van der Waals surface area contributed by atoms with E-state index in [9.17, 15) is 0 Å². The number of fused-ring (bicyclic) bond motifs is 1. The lowest BCUT2D eigenvalue weighted by atomic mass is 10.1. The highest BCUT2D eigenvalue weighted by Gasteiger charge is 2.14. The predicted octanol–water partition coefficient (Wildman–Crippen LogP) is 4.86. The maximum Gasteiger partial charge on any atom is 0.0773 e. The van der Waals surface area contributed by atoms with Crippen molar-refractivity contribution in [2.24, 2.45) is 0 Å². The van der Waals surface area contributed by atoms with E-state index in [1.54, 1.807) is 6.20 Å². The van der Waals surface area contributed by atoms with Crippen LogP contribution in [0.4, 0.5) is 0 Å². The highest BCUT2D eigenvalue weighted by molar-refractivity contribution is 6.33. The van der Waals surface area contributed by atoms with Gasteiger partial charge in [0.15, 0.2) is 0 Å². The molecule has 1 aromatic heterocycles. The smallest absolute Gasteiger partial charge is 0.0773 e. The van der Waals surface area contributed by atoms with Crippen molar-refractivity contribution in [3.8, 4) is 0 Å². The first-order valence-electron chi connectivity index (χ1n) is 5.73. The summed E-state index contributed by atoms with van der Waals surface area (Å²) in [6.07, 6.45) is 1.63. The lowest BCUT2D eigenvalue weighted by Crippen LogP contribution is -2.19. The molecule has 0 aliphatic heterocycles. The second kappa shape index (κ2) is 5.04. The van der Waals surface area contributed by atoms with Crippen LogP contribution in [0.15, 0.2) is 24.4 Å². The Morgan fingerprint density at radius 3 is 2.61 bits per heavy atom. The minimum absolute atomic E-state index is 0.210. The molecule has 0 bridgehead atoms. The second-order valence-electron chi connectivity index (χ2n) is 5.15. The van der Waals surface area contributed by atoms with Gasteiger partial charge in [0.25, 0.3) is 0 Å². The van der Waals surface area contributed by atoms with Crippen molar-refractivity contribution < 1.29 is 4.74 Å². The molecule has 0 saturated carbocycles. The summed E-state index contributed by atoms with van der Waals surface area (Å²) in [4.78, 5) is 4.35. The number of ether oxygens (including phenoxy) is 1. The Balaban J connectivity index is 2.45. The molecule has 0 unspecified atom stereocenters. The van der Waals surface area contributed by atoms with Crippen molar-refractivity contribution in [1.82, 2.24) is 4.98 Å². The van der Waals surface area contributed by atoms with E-state index in [0.29, 0.717) is 16.7 Å². The van der Waals surface area contributed by atoms with Crippen LogP contribution in [0.1, 0.15) is 26.3 Å². The molecule has 0 spiro atoms. The van der Waals surface area contributed by atoms with Crippen molar-refractivity contribution in [3.05, 3.63) is 40.0 Å².